The van der Waals surface area contributed by atoms with Crippen molar-refractivity contribution < 1.29 is 23.4 Å². The first-order valence-electron chi connectivity index (χ1n) is 20.7. The Morgan fingerprint density at radius 2 is 1.62 bits per heavy atom. The van der Waals surface area contributed by atoms with Gasteiger partial charge < -0.3 is 25.7 Å². The normalized spacial score (nSPS) is 40.2. The summed E-state index contributed by atoms with van der Waals surface area (Å²) in [5.41, 5.74) is 4.72. The molecule has 4 N–H and O–H groups in total. The minimum absolute atomic E-state index is 0.00460. The minimum Gasteiger partial charge on any atom is -0.364 e. The number of amides is 2. The van der Waals surface area contributed by atoms with Gasteiger partial charge in [0.2, 0.25) is 0 Å². The number of carbonyl (C=O) groups is 1. The quantitative estimate of drug-likeness (QED) is 0.124. The van der Waals surface area contributed by atoms with E-state index in [0.717, 1.165) is 45.1 Å². The molecule has 0 unspecified atom stereocenters. The first-order chi connectivity index (χ1) is 24.9. The van der Waals surface area contributed by atoms with Crippen molar-refractivity contribution in [3.8, 4) is 0 Å². The summed E-state index contributed by atoms with van der Waals surface area (Å²) < 4.78 is 23.6. The Hall–Kier alpha value is -2.20. The van der Waals surface area contributed by atoms with Crippen molar-refractivity contribution in [1.29, 1.82) is 0 Å². The van der Waals surface area contributed by atoms with Crippen LogP contribution in [0, 0.1) is 51.2 Å². The summed E-state index contributed by atoms with van der Waals surface area (Å²) >= 11 is 0. The van der Waals surface area contributed by atoms with E-state index in [1.54, 1.807) is 0 Å². The second-order valence-corrected chi connectivity index (χ2v) is 21.9. The molecule has 2 amide bonds. The smallest absolute Gasteiger partial charge is 0.315 e. The number of hydrogen-bond acceptors (Lipinski definition) is 6. The van der Waals surface area contributed by atoms with Crippen molar-refractivity contribution in [1.82, 2.24) is 15.5 Å². The van der Waals surface area contributed by atoms with Crippen LogP contribution in [0.4, 0.5) is 4.79 Å². The number of sulfone groups is 1. The zero-order valence-electron chi connectivity index (χ0n) is 33.3. The summed E-state index contributed by atoms with van der Waals surface area (Å²) in [5, 5.41) is 26.2. The largest absolute Gasteiger partial charge is 0.364 e. The zero-order chi connectivity index (χ0) is 38.2. The number of carbonyl (C=O) groups excluding carboxylic acids is 1. The second-order valence-electron chi connectivity index (χ2n) is 19.6. The molecule has 4 saturated carbocycles. The standard InChI is InChI=1S/C44H67N3O5S/c1-29(2)32-15-20-44(46-39(50)45-23-8-24-47-25-27-53(51,52)28-26-47)22-21-42(6)34(37(32)44)13-14-36-41(5)18-16-33(30-9-11-31(12-10-30)38(48)49)40(3,4)35(41)17-19-43(36,42)7/h9-12,16,32,34-38,48-49H,1,8,13-15,17-28H2,2-7H3,(H2,45,46,50)/t32-,34+,35-,36+,37+,41-,42+,43+,44-/m0/s1. The molecule has 1 aromatic carbocycles. The van der Waals surface area contributed by atoms with Crippen LogP contribution in [0.2, 0.25) is 0 Å². The van der Waals surface area contributed by atoms with Crippen molar-refractivity contribution in [2.45, 2.75) is 118 Å². The van der Waals surface area contributed by atoms with Crippen molar-refractivity contribution in [2.75, 3.05) is 37.7 Å². The summed E-state index contributed by atoms with van der Waals surface area (Å²) in [4.78, 5) is 15.9. The molecule has 1 saturated heterocycles. The number of hydrogen-bond donors (Lipinski definition) is 4. The van der Waals surface area contributed by atoms with E-state index in [2.05, 4.69) is 81.9 Å². The van der Waals surface area contributed by atoms with Crippen LogP contribution in [-0.4, -0.2) is 72.8 Å². The number of rotatable bonds is 8. The molecule has 6 aliphatic rings. The van der Waals surface area contributed by atoms with Crippen molar-refractivity contribution in [3.05, 3.63) is 53.6 Å². The first kappa shape index (κ1) is 39.1. The topological polar surface area (TPSA) is 119 Å². The van der Waals surface area contributed by atoms with E-state index in [-0.39, 0.29) is 44.7 Å². The highest BCUT2D eigenvalue weighted by molar-refractivity contribution is 7.91. The van der Waals surface area contributed by atoms with Gasteiger partial charge in [-0.2, -0.15) is 0 Å². The number of fused-ring (bicyclic) bond motifs is 7. The molecule has 9 atom stereocenters. The Morgan fingerprint density at radius 3 is 2.28 bits per heavy atom. The number of urea groups is 1. The first-order valence-corrected chi connectivity index (χ1v) is 22.5. The van der Waals surface area contributed by atoms with Crippen LogP contribution in [0.3, 0.4) is 0 Å². The fourth-order valence-electron chi connectivity index (χ4n) is 14.0. The molecule has 9 heteroatoms. The highest BCUT2D eigenvalue weighted by atomic mass is 32.2. The van der Waals surface area contributed by atoms with Crippen molar-refractivity contribution in [3.63, 3.8) is 0 Å². The lowest BCUT2D eigenvalue weighted by Crippen LogP contribution is -2.68. The van der Waals surface area contributed by atoms with E-state index in [0.29, 0.717) is 54.8 Å². The highest BCUT2D eigenvalue weighted by Crippen LogP contribution is 2.76. The van der Waals surface area contributed by atoms with Gasteiger partial charge in [0.15, 0.2) is 16.1 Å². The summed E-state index contributed by atoms with van der Waals surface area (Å²) in [7, 11) is -2.89. The molecule has 1 heterocycles. The molecule has 0 aromatic heterocycles. The monoisotopic (exact) mass is 749 g/mol. The Morgan fingerprint density at radius 1 is 0.925 bits per heavy atom. The van der Waals surface area contributed by atoms with Crippen LogP contribution in [0.15, 0.2) is 42.5 Å². The lowest BCUT2D eigenvalue weighted by atomic mass is 9.33. The van der Waals surface area contributed by atoms with Gasteiger partial charge in [-0.25, -0.2) is 13.2 Å². The van der Waals surface area contributed by atoms with Crippen LogP contribution >= 0.6 is 0 Å². The number of allylic oxidation sites excluding steroid dienone is 3. The van der Waals surface area contributed by atoms with Crippen LogP contribution in [0.25, 0.3) is 5.57 Å². The Kier molecular flexibility index (Phi) is 10.1. The van der Waals surface area contributed by atoms with Gasteiger partial charge in [-0.15, -0.1) is 0 Å². The van der Waals surface area contributed by atoms with E-state index >= 15 is 0 Å². The van der Waals surface area contributed by atoms with E-state index in [1.807, 2.05) is 12.1 Å². The maximum absolute atomic E-state index is 13.7. The van der Waals surface area contributed by atoms with E-state index in [1.165, 1.54) is 42.4 Å². The number of benzene rings is 1. The summed E-state index contributed by atoms with van der Waals surface area (Å²) in [6.07, 6.45) is 12.1. The molecule has 5 aliphatic carbocycles. The fourth-order valence-corrected chi connectivity index (χ4v) is 15.3. The van der Waals surface area contributed by atoms with Crippen LogP contribution in [-0.2, 0) is 9.84 Å². The number of aliphatic hydroxyl groups is 2. The molecule has 8 nitrogen and oxygen atoms in total. The number of aliphatic hydroxyl groups excluding tert-OH is 1. The molecule has 0 spiro atoms. The summed E-state index contributed by atoms with van der Waals surface area (Å²) in [6.45, 7) is 22.1. The predicted molar refractivity (Wildman–Crippen MR) is 212 cm³/mol. The number of nitrogens with zero attached hydrogens (tertiary/aromatic N) is 1. The molecular weight excluding hydrogens is 683 g/mol. The molecule has 1 aliphatic heterocycles. The highest BCUT2D eigenvalue weighted by Gasteiger charge is 2.70. The van der Waals surface area contributed by atoms with Crippen LogP contribution in [0.5, 0.6) is 0 Å². The van der Waals surface area contributed by atoms with E-state index < -0.39 is 16.1 Å². The average molecular weight is 750 g/mol. The molecule has 5 fully saturated rings. The Balaban J connectivity index is 1.08. The third-order valence-electron chi connectivity index (χ3n) is 16.9. The zero-order valence-corrected chi connectivity index (χ0v) is 34.2. The van der Waals surface area contributed by atoms with E-state index in [9.17, 15) is 23.4 Å². The molecule has 0 radical (unpaired) electrons. The number of nitrogens with one attached hydrogen (secondary N) is 2. The molecular formula is C44H67N3O5S. The lowest BCUT2D eigenvalue weighted by Gasteiger charge is -2.72. The van der Waals surface area contributed by atoms with Gasteiger partial charge in [0.1, 0.15) is 0 Å². The van der Waals surface area contributed by atoms with Gasteiger partial charge in [0.05, 0.1) is 11.5 Å². The Labute approximate surface area is 319 Å². The molecule has 1 aromatic rings. The fraction of sp³-hybridized carbons (Fsp3) is 0.750. The summed E-state index contributed by atoms with van der Waals surface area (Å²) in [5.74, 6) is 2.98. The maximum atomic E-state index is 13.7. The van der Waals surface area contributed by atoms with Gasteiger partial charge in [0.25, 0.3) is 0 Å². The van der Waals surface area contributed by atoms with Gasteiger partial charge in [-0.05, 0) is 140 Å². The van der Waals surface area contributed by atoms with Crippen molar-refractivity contribution >= 4 is 21.4 Å². The average Bonchev–Trinajstić information content (AvgIpc) is 3.47. The van der Waals surface area contributed by atoms with Crippen LogP contribution in [0.1, 0.15) is 123 Å². The predicted octanol–water partition coefficient (Wildman–Crippen LogP) is 7.49. The van der Waals surface area contributed by atoms with Gasteiger partial charge in [-0.3, -0.25) is 0 Å². The minimum atomic E-state index is -2.89. The molecule has 294 valence electrons. The molecule has 53 heavy (non-hydrogen) atoms. The van der Waals surface area contributed by atoms with Gasteiger partial charge in [0, 0.05) is 30.7 Å². The lowest BCUT2D eigenvalue weighted by molar-refractivity contribution is -0.218. The van der Waals surface area contributed by atoms with Crippen molar-refractivity contribution in [2.24, 2.45) is 51.2 Å². The molecule has 7 rings (SSSR count). The third kappa shape index (κ3) is 6.45. The van der Waals surface area contributed by atoms with Gasteiger partial charge >= 0.3 is 6.03 Å². The SMILES string of the molecule is C=C(C)[C@@H]1CC[C@]2(NC(=O)NCCCN3CCS(=O)(=O)CC3)CC[C@]3(C)[C@H](CC[C@@H]4[C@@]5(C)CC=C(c6ccc(C(O)O)cc6)C(C)(C)[C@@H]5CC[C@]43C)[C@@H]12. The van der Waals surface area contributed by atoms with E-state index in [4.69, 9.17) is 0 Å². The van der Waals surface area contributed by atoms with Crippen LogP contribution < -0.4 is 10.6 Å². The second kappa shape index (κ2) is 13.8. The molecule has 0 bridgehead atoms. The Bertz CT molecular complexity index is 1710. The summed E-state index contributed by atoms with van der Waals surface area (Å²) in [6, 6.07) is 7.78. The van der Waals surface area contributed by atoms with Gasteiger partial charge in [-0.1, -0.05) is 77.1 Å². The maximum Gasteiger partial charge on any atom is 0.315 e. The third-order valence-corrected chi connectivity index (χ3v) is 18.5.